The first-order valence-electron chi connectivity index (χ1n) is 6.98. The first-order valence-corrected chi connectivity index (χ1v) is 6.98. The summed E-state index contributed by atoms with van der Waals surface area (Å²) in [5, 5.41) is 1.79. The van der Waals surface area contributed by atoms with Crippen molar-refractivity contribution in [1.82, 2.24) is 5.06 Å². The van der Waals surface area contributed by atoms with E-state index in [1.54, 1.807) is 5.06 Å². The summed E-state index contributed by atoms with van der Waals surface area (Å²) in [6.07, 6.45) is 0.818. The maximum atomic E-state index is 11.9. The largest absolute Gasteiger partial charge is 0.462 e. The lowest BCUT2D eigenvalue weighted by molar-refractivity contribution is -0.292. The summed E-state index contributed by atoms with van der Waals surface area (Å²) in [5.41, 5.74) is 0.134. The number of hydroxylamine groups is 2. The van der Waals surface area contributed by atoms with Crippen LogP contribution in [0.5, 0.6) is 0 Å². The van der Waals surface area contributed by atoms with Gasteiger partial charge in [0.2, 0.25) is 0 Å². The van der Waals surface area contributed by atoms with Crippen LogP contribution < -0.4 is 0 Å². The standard InChI is InChI=1S/C16H23NO3/c1-15(2)12-19-14(18)16(3,4)17(15)20-11-10-13-8-6-5-7-9-13/h5-9H,10-12H2,1-4H3. The molecule has 1 aromatic rings. The number of benzene rings is 1. The van der Waals surface area contributed by atoms with Crippen molar-refractivity contribution in [1.29, 1.82) is 0 Å². The van der Waals surface area contributed by atoms with Crippen LogP contribution >= 0.6 is 0 Å². The van der Waals surface area contributed by atoms with Crippen molar-refractivity contribution in [3.05, 3.63) is 35.9 Å². The average molecular weight is 277 g/mol. The van der Waals surface area contributed by atoms with E-state index in [2.05, 4.69) is 12.1 Å². The number of nitrogens with zero attached hydrogens (tertiary/aromatic N) is 1. The molecule has 1 fully saturated rings. The number of esters is 1. The lowest BCUT2D eigenvalue weighted by Crippen LogP contribution is -2.65. The Hall–Kier alpha value is -1.39. The van der Waals surface area contributed by atoms with Gasteiger partial charge >= 0.3 is 5.97 Å². The van der Waals surface area contributed by atoms with Gasteiger partial charge in [0.05, 0.1) is 12.1 Å². The molecule has 0 N–H and O–H groups in total. The van der Waals surface area contributed by atoms with Gasteiger partial charge in [0.1, 0.15) is 12.1 Å². The molecule has 0 bridgehead atoms. The van der Waals surface area contributed by atoms with Crippen LogP contribution in [0.25, 0.3) is 0 Å². The van der Waals surface area contributed by atoms with Gasteiger partial charge in [-0.2, -0.15) is 5.06 Å². The Balaban J connectivity index is 2.00. The third-order valence-corrected chi connectivity index (χ3v) is 3.57. The van der Waals surface area contributed by atoms with Crippen molar-refractivity contribution in [2.24, 2.45) is 0 Å². The van der Waals surface area contributed by atoms with Gasteiger partial charge in [-0.1, -0.05) is 30.3 Å². The molecule has 4 heteroatoms. The van der Waals surface area contributed by atoms with E-state index in [-0.39, 0.29) is 11.5 Å². The average Bonchev–Trinajstić information content (AvgIpc) is 2.40. The molecule has 0 saturated carbocycles. The van der Waals surface area contributed by atoms with Gasteiger partial charge < -0.3 is 4.74 Å². The number of morpholine rings is 1. The molecule has 4 nitrogen and oxygen atoms in total. The highest BCUT2D eigenvalue weighted by Crippen LogP contribution is 2.31. The molecule has 0 aromatic heterocycles. The zero-order valence-corrected chi connectivity index (χ0v) is 12.7. The summed E-state index contributed by atoms with van der Waals surface area (Å²) in [6.45, 7) is 8.59. The number of carbonyl (C=O) groups is 1. The third-order valence-electron chi connectivity index (χ3n) is 3.57. The molecule has 1 heterocycles. The maximum Gasteiger partial charge on any atom is 0.328 e. The summed E-state index contributed by atoms with van der Waals surface area (Å²) >= 11 is 0. The summed E-state index contributed by atoms with van der Waals surface area (Å²) in [5.74, 6) is -0.239. The molecule has 2 rings (SSSR count). The Morgan fingerprint density at radius 2 is 1.85 bits per heavy atom. The summed E-state index contributed by atoms with van der Waals surface area (Å²) < 4.78 is 5.24. The molecule has 1 aliphatic rings. The molecule has 0 unspecified atom stereocenters. The lowest BCUT2D eigenvalue weighted by Gasteiger charge is -2.48. The molecule has 0 atom stereocenters. The number of rotatable bonds is 4. The first kappa shape index (κ1) is 15.0. The van der Waals surface area contributed by atoms with Crippen LogP contribution in [0.1, 0.15) is 33.3 Å². The van der Waals surface area contributed by atoms with E-state index < -0.39 is 5.54 Å². The second-order valence-corrected chi connectivity index (χ2v) is 6.31. The Kier molecular flexibility index (Phi) is 4.16. The minimum atomic E-state index is -0.765. The van der Waals surface area contributed by atoms with E-state index in [4.69, 9.17) is 9.57 Å². The Labute approximate surface area is 120 Å². The van der Waals surface area contributed by atoms with Gasteiger partial charge in [-0.25, -0.2) is 4.79 Å². The normalized spacial score (nSPS) is 21.5. The Bertz CT molecular complexity index is 468. The quantitative estimate of drug-likeness (QED) is 0.793. The molecule has 20 heavy (non-hydrogen) atoms. The number of hydrogen-bond donors (Lipinski definition) is 0. The highest BCUT2D eigenvalue weighted by atomic mass is 16.7. The van der Waals surface area contributed by atoms with Gasteiger partial charge in [-0.15, -0.1) is 0 Å². The zero-order chi connectivity index (χ0) is 14.8. The topological polar surface area (TPSA) is 38.8 Å². The van der Waals surface area contributed by atoms with E-state index in [9.17, 15) is 4.79 Å². The van der Waals surface area contributed by atoms with Crippen LogP contribution in [-0.4, -0.2) is 35.3 Å². The van der Waals surface area contributed by atoms with Gasteiger partial charge in [-0.3, -0.25) is 4.84 Å². The first-order chi connectivity index (χ1) is 9.34. The minimum Gasteiger partial charge on any atom is -0.462 e. The van der Waals surface area contributed by atoms with Gasteiger partial charge in [-0.05, 0) is 39.7 Å². The Morgan fingerprint density at radius 1 is 1.20 bits per heavy atom. The van der Waals surface area contributed by atoms with Gasteiger partial charge in [0, 0.05) is 0 Å². The SMILES string of the molecule is CC1(C)COC(=O)C(C)(C)N1OCCc1ccccc1. The van der Waals surface area contributed by atoms with E-state index in [1.165, 1.54) is 5.56 Å². The number of carbonyl (C=O) groups excluding carboxylic acids is 1. The van der Waals surface area contributed by atoms with Crippen molar-refractivity contribution in [3.8, 4) is 0 Å². The summed E-state index contributed by atoms with van der Waals surface area (Å²) in [4.78, 5) is 17.8. The van der Waals surface area contributed by atoms with Crippen molar-refractivity contribution < 1.29 is 14.4 Å². The van der Waals surface area contributed by atoms with Crippen LogP contribution in [-0.2, 0) is 20.8 Å². The van der Waals surface area contributed by atoms with Crippen molar-refractivity contribution in [2.75, 3.05) is 13.2 Å². The highest BCUT2D eigenvalue weighted by Gasteiger charge is 2.50. The van der Waals surface area contributed by atoms with E-state index in [0.717, 1.165) is 6.42 Å². The van der Waals surface area contributed by atoms with E-state index >= 15 is 0 Å². The van der Waals surface area contributed by atoms with E-state index in [1.807, 2.05) is 45.9 Å². The molecule has 110 valence electrons. The lowest BCUT2D eigenvalue weighted by atomic mass is 9.94. The minimum absolute atomic E-state index is 0.239. The molecule has 1 saturated heterocycles. The summed E-state index contributed by atoms with van der Waals surface area (Å²) in [6, 6.07) is 10.2. The van der Waals surface area contributed by atoms with Crippen molar-refractivity contribution in [3.63, 3.8) is 0 Å². The van der Waals surface area contributed by atoms with Crippen LogP contribution in [0.15, 0.2) is 30.3 Å². The molecule has 0 spiro atoms. The third kappa shape index (κ3) is 3.02. The maximum absolute atomic E-state index is 11.9. The number of hydrogen-bond acceptors (Lipinski definition) is 4. The highest BCUT2D eigenvalue weighted by molar-refractivity contribution is 5.80. The van der Waals surface area contributed by atoms with Crippen LogP contribution in [0, 0.1) is 0 Å². The van der Waals surface area contributed by atoms with Gasteiger partial charge in [0.25, 0.3) is 0 Å². The monoisotopic (exact) mass is 277 g/mol. The number of cyclic esters (lactones) is 1. The van der Waals surface area contributed by atoms with Crippen LogP contribution in [0.3, 0.4) is 0 Å². The van der Waals surface area contributed by atoms with Crippen LogP contribution in [0.2, 0.25) is 0 Å². The fraction of sp³-hybridized carbons (Fsp3) is 0.562. The summed E-state index contributed by atoms with van der Waals surface area (Å²) in [7, 11) is 0. The zero-order valence-electron chi connectivity index (χ0n) is 12.7. The fourth-order valence-corrected chi connectivity index (χ4v) is 2.55. The fourth-order valence-electron chi connectivity index (χ4n) is 2.55. The van der Waals surface area contributed by atoms with E-state index in [0.29, 0.717) is 13.2 Å². The smallest absolute Gasteiger partial charge is 0.328 e. The number of ether oxygens (including phenoxy) is 1. The molecule has 0 aliphatic carbocycles. The second-order valence-electron chi connectivity index (χ2n) is 6.31. The molecule has 0 amide bonds. The van der Waals surface area contributed by atoms with Gasteiger partial charge in [0.15, 0.2) is 0 Å². The molecular weight excluding hydrogens is 254 g/mol. The molecule has 1 aromatic carbocycles. The Morgan fingerprint density at radius 3 is 2.50 bits per heavy atom. The molecule has 0 radical (unpaired) electrons. The molecular formula is C16H23NO3. The van der Waals surface area contributed by atoms with Crippen LogP contribution in [0.4, 0.5) is 0 Å². The van der Waals surface area contributed by atoms with Crippen molar-refractivity contribution >= 4 is 5.97 Å². The molecule has 1 aliphatic heterocycles. The van der Waals surface area contributed by atoms with Crippen molar-refractivity contribution in [2.45, 2.75) is 45.2 Å². The predicted molar refractivity (Wildman–Crippen MR) is 77.1 cm³/mol. The predicted octanol–water partition coefficient (Wildman–Crippen LogP) is 2.58. The second kappa shape index (κ2) is 5.54.